The van der Waals surface area contributed by atoms with Gasteiger partial charge >= 0.3 is 0 Å². The molecule has 1 fully saturated rings. The molecule has 2 atom stereocenters. The smallest absolute Gasteiger partial charge is 0.0353 e. The summed E-state index contributed by atoms with van der Waals surface area (Å²) < 4.78 is 1.35. The van der Waals surface area contributed by atoms with Gasteiger partial charge in [0.15, 0.2) is 0 Å². The van der Waals surface area contributed by atoms with Crippen molar-refractivity contribution < 1.29 is 0 Å². The monoisotopic (exact) mass is 357 g/mol. The third-order valence-corrected chi connectivity index (χ3v) is 5.09. The molecular formula is C16H24IN. The first-order valence-electron chi connectivity index (χ1n) is 6.88. The van der Waals surface area contributed by atoms with Gasteiger partial charge in [0.1, 0.15) is 0 Å². The zero-order valence-corrected chi connectivity index (χ0v) is 14.0. The quantitative estimate of drug-likeness (QED) is 0.715. The lowest BCUT2D eigenvalue weighted by molar-refractivity contribution is 0.178. The molecule has 2 heteroatoms. The summed E-state index contributed by atoms with van der Waals surface area (Å²) in [5.41, 5.74) is 3.12. The van der Waals surface area contributed by atoms with Crippen LogP contribution >= 0.6 is 22.6 Å². The summed E-state index contributed by atoms with van der Waals surface area (Å²) >= 11 is 2.42. The topological polar surface area (TPSA) is 12.0 Å². The lowest BCUT2D eigenvalue weighted by Gasteiger charge is -2.39. The summed E-state index contributed by atoms with van der Waals surface area (Å²) in [6.45, 7) is 9.35. The van der Waals surface area contributed by atoms with Crippen molar-refractivity contribution in [2.24, 2.45) is 11.3 Å². The SMILES string of the molecule is Cc1ccc(NC2CC(C)CC(C)(C)C2)cc1I. The van der Waals surface area contributed by atoms with Crippen molar-refractivity contribution in [1.29, 1.82) is 0 Å². The van der Waals surface area contributed by atoms with E-state index in [1.165, 1.54) is 34.1 Å². The molecule has 1 aromatic rings. The van der Waals surface area contributed by atoms with Crippen LogP contribution in [0.2, 0.25) is 0 Å². The number of benzene rings is 1. The highest BCUT2D eigenvalue weighted by atomic mass is 127. The second kappa shape index (κ2) is 5.40. The Morgan fingerprint density at radius 2 is 2.00 bits per heavy atom. The van der Waals surface area contributed by atoms with Crippen molar-refractivity contribution in [2.45, 2.75) is 53.0 Å². The Labute approximate surface area is 125 Å². The van der Waals surface area contributed by atoms with Gasteiger partial charge in [0, 0.05) is 15.3 Å². The van der Waals surface area contributed by atoms with Gasteiger partial charge in [0.25, 0.3) is 0 Å². The normalized spacial score (nSPS) is 26.9. The molecule has 1 nitrogen and oxygen atoms in total. The van der Waals surface area contributed by atoms with E-state index in [0.29, 0.717) is 11.5 Å². The highest BCUT2D eigenvalue weighted by Crippen LogP contribution is 2.39. The standard InChI is InChI=1S/C16H24IN/c1-11-7-14(10-16(3,4)9-11)18-13-6-5-12(2)15(17)8-13/h5-6,8,11,14,18H,7,9-10H2,1-4H3. The van der Waals surface area contributed by atoms with Gasteiger partial charge in [-0.05, 0) is 77.8 Å². The van der Waals surface area contributed by atoms with Crippen LogP contribution in [0.3, 0.4) is 0 Å². The predicted octanol–water partition coefficient (Wildman–Crippen LogP) is 5.23. The van der Waals surface area contributed by atoms with Crippen LogP contribution in [0.1, 0.15) is 45.6 Å². The molecule has 0 aromatic heterocycles. The van der Waals surface area contributed by atoms with Crippen LogP contribution in [0.15, 0.2) is 18.2 Å². The summed E-state index contributed by atoms with van der Waals surface area (Å²) in [5.74, 6) is 0.829. The van der Waals surface area contributed by atoms with E-state index in [-0.39, 0.29) is 0 Å². The lowest BCUT2D eigenvalue weighted by Crippen LogP contribution is -2.35. The minimum Gasteiger partial charge on any atom is -0.382 e. The lowest BCUT2D eigenvalue weighted by atomic mass is 9.70. The average molecular weight is 357 g/mol. The first-order valence-corrected chi connectivity index (χ1v) is 7.96. The van der Waals surface area contributed by atoms with E-state index in [1.54, 1.807) is 0 Å². The molecule has 2 rings (SSSR count). The third-order valence-electron chi connectivity index (χ3n) is 3.93. The van der Waals surface area contributed by atoms with Gasteiger partial charge in [-0.2, -0.15) is 0 Å². The Hall–Kier alpha value is -0.250. The number of aryl methyl sites for hydroxylation is 1. The molecule has 1 N–H and O–H groups in total. The van der Waals surface area contributed by atoms with E-state index in [1.807, 2.05) is 0 Å². The van der Waals surface area contributed by atoms with Crippen molar-refractivity contribution in [3.63, 3.8) is 0 Å². The maximum absolute atomic E-state index is 3.73. The third kappa shape index (κ3) is 3.62. The van der Waals surface area contributed by atoms with Gasteiger partial charge in [-0.15, -0.1) is 0 Å². The van der Waals surface area contributed by atoms with Gasteiger partial charge < -0.3 is 5.32 Å². The van der Waals surface area contributed by atoms with Gasteiger partial charge in [-0.1, -0.05) is 26.8 Å². The van der Waals surface area contributed by atoms with E-state index < -0.39 is 0 Å². The molecule has 0 spiro atoms. The molecule has 1 aromatic carbocycles. The molecule has 0 amide bonds. The van der Waals surface area contributed by atoms with Crippen LogP contribution in [0.4, 0.5) is 5.69 Å². The molecule has 0 bridgehead atoms. The molecule has 0 radical (unpaired) electrons. The Bertz CT molecular complexity index is 425. The van der Waals surface area contributed by atoms with E-state index in [0.717, 1.165) is 5.92 Å². The van der Waals surface area contributed by atoms with Crippen molar-refractivity contribution in [3.8, 4) is 0 Å². The Kier molecular flexibility index (Phi) is 4.25. The Morgan fingerprint density at radius 1 is 1.28 bits per heavy atom. The minimum absolute atomic E-state index is 0.479. The molecule has 1 aliphatic rings. The largest absolute Gasteiger partial charge is 0.382 e. The van der Waals surface area contributed by atoms with Crippen molar-refractivity contribution in [1.82, 2.24) is 0 Å². The number of nitrogens with one attached hydrogen (secondary N) is 1. The second-order valence-corrected chi connectivity index (χ2v) is 7.88. The Balaban J connectivity index is 2.06. The molecule has 0 saturated heterocycles. The molecule has 0 heterocycles. The summed E-state index contributed by atoms with van der Waals surface area (Å²) in [5, 5.41) is 3.73. The van der Waals surface area contributed by atoms with Crippen LogP contribution in [0.25, 0.3) is 0 Å². The van der Waals surface area contributed by atoms with Gasteiger partial charge in [0.2, 0.25) is 0 Å². The van der Waals surface area contributed by atoms with Gasteiger partial charge in [-0.25, -0.2) is 0 Å². The van der Waals surface area contributed by atoms with Gasteiger partial charge in [-0.3, -0.25) is 0 Å². The second-order valence-electron chi connectivity index (χ2n) is 6.72. The summed E-state index contributed by atoms with van der Waals surface area (Å²) in [6, 6.07) is 7.32. The van der Waals surface area contributed by atoms with Crippen molar-refractivity contribution >= 4 is 28.3 Å². The maximum atomic E-state index is 3.73. The highest BCUT2D eigenvalue weighted by molar-refractivity contribution is 14.1. The molecule has 1 saturated carbocycles. The first-order chi connectivity index (χ1) is 8.35. The molecule has 1 aliphatic carbocycles. The molecule has 0 aliphatic heterocycles. The number of hydrogen-bond donors (Lipinski definition) is 1. The summed E-state index contributed by atoms with van der Waals surface area (Å²) in [6.07, 6.45) is 3.94. The van der Waals surface area contributed by atoms with Crippen LogP contribution in [-0.4, -0.2) is 6.04 Å². The van der Waals surface area contributed by atoms with Crippen LogP contribution in [-0.2, 0) is 0 Å². The van der Waals surface area contributed by atoms with Crippen molar-refractivity contribution in [2.75, 3.05) is 5.32 Å². The van der Waals surface area contributed by atoms with E-state index in [4.69, 9.17) is 0 Å². The number of hydrogen-bond acceptors (Lipinski definition) is 1. The first kappa shape index (κ1) is 14.2. The minimum atomic E-state index is 0.479. The molecule has 2 unspecified atom stereocenters. The molecule has 18 heavy (non-hydrogen) atoms. The van der Waals surface area contributed by atoms with E-state index in [2.05, 4.69) is 73.8 Å². The molecule has 100 valence electrons. The fraction of sp³-hybridized carbons (Fsp3) is 0.625. The van der Waals surface area contributed by atoms with E-state index >= 15 is 0 Å². The zero-order valence-electron chi connectivity index (χ0n) is 11.9. The molecular weight excluding hydrogens is 333 g/mol. The summed E-state index contributed by atoms with van der Waals surface area (Å²) in [7, 11) is 0. The number of anilines is 1. The highest BCUT2D eigenvalue weighted by Gasteiger charge is 2.31. The zero-order chi connectivity index (χ0) is 13.3. The van der Waals surface area contributed by atoms with E-state index in [9.17, 15) is 0 Å². The fourth-order valence-corrected chi connectivity index (χ4v) is 3.89. The number of halogens is 1. The van der Waals surface area contributed by atoms with Crippen LogP contribution in [0.5, 0.6) is 0 Å². The van der Waals surface area contributed by atoms with Crippen molar-refractivity contribution in [3.05, 3.63) is 27.3 Å². The maximum Gasteiger partial charge on any atom is 0.0353 e. The average Bonchev–Trinajstić information content (AvgIpc) is 2.20. The fourth-order valence-electron chi connectivity index (χ4n) is 3.37. The van der Waals surface area contributed by atoms with Crippen LogP contribution in [0, 0.1) is 21.8 Å². The number of rotatable bonds is 2. The Morgan fingerprint density at radius 3 is 2.61 bits per heavy atom. The predicted molar refractivity (Wildman–Crippen MR) is 88.1 cm³/mol. The van der Waals surface area contributed by atoms with Crippen LogP contribution < -0.4 is 5.32 Å². The summed E-state index contributed by atoms with van der Waals surface area (Å²) in [4.78, 5) is 0. The van der Waals surface area contributed by atoms with Gasteiger partial charge in [0.05, 0.1) is 0 Å².